The van der Waals surface area contributed by atoms with Crippen LogP contribution in [0.1, 0.15) is 21.5 Å². The summed E-state index contributed by atoms with van der Waals surface area (Å²) in [6.45, 7) is 3.51. The van der Waals surface area contributed by atoms with E-state index in [4.69, 9.17) is 0 Å². The summed E-state index contributed by atoms with van der Waals surface area (Å²) >= 11 is 3.32. The van der Waals surface area contributed by atoms with Crippen LogP contribution in [0.4, 0.5) is 11.5 Å². The Labute approximate surface area is 129 Å². The highest BCUT2D eigenvalue weighted by Crippen LogP contribution is 2.23. The van der Waals surface area contributed by atoms with E-state index in [9.17, 15) is 14.9 Å². The lowest BCUT2D eigenvalue weighted by Gasteiger charge is -2.08. The zero-order valence-corrected chi connectivity index (χ0v) is 13.0. The maximum absolute atomic E-state index is 12.3. The number of benzene rings is 1. The number of hydrogen-bond acceptors (Lipinski definition) is 4. The minimum Gasteiger partial charge on any atom is -0.306 e. The lowest BCUT2D eigenvalue weighted by atomic mass is 10.1. The summed E-state index contributed by atoms with van der Waals surface area (Å²) in [4.78, 5) is 26.8. The van der Waals surface area contributed by atoms with Gasteiger partial charge in [0.1, 0.15) is 11.4 Å². The molecule has 0 saturated heterocycles. The molecule has 1 heterocycles. The number of amides is 1. The molecule has 108 valence electrons. The maximum atomic E-state index is 12.3. The molecule has 0 atom stereocenters. The fourth-order valence-corrected chi connectivity index (χ4v) is 2.10. The molecule has 1 N–H and O–H groups in total. The SMILES string of the molecule is Cc1cc(NC(=O)c2c(C)cccc2[N+](=O)[O-])ncc1Br. The second-order valence-corrected chi connectivity index (χ2v) is 5.35. The van der Waals surface area contributed by atoms with Crippen LogP contribution in [0.3, 0.4) is 0 Å². The van der Waals surface area contributed by atoms with Gasteiger partial charge >= 0.3 is 0 Å². The number of rotatable bonds is 3. The summed E-state index contributed by atoms with van der Waals surface area (Å²) in [6, 6.07) is 6.20. The number of nitrogens with one attached hydrogen (secondary N) is 1. The van der Waals surface area contributed by atoms with Crippen LogP contribution in [0.5, 0.6) is 0 Å². The molecule has 7 heteroatoms. The summed E-state index contributed by atoms with van der Waals surface area (Å²) in [5, 5.41) is 13.6. The van der Waals surface area contributed by atoms with Gasteiger partial charge in [-0.05, 0) is 47.0 Å². The van der Waals surface area contributed by atoms with Gasteiger partial charge in [-0.2, -0.15) is 0 Å². The van der Waals surface area contributed by atoms with Crippen molar-refractivity contribution < 1.29 is 9.72 Å². The summed E-state index contributed by atoms with van der Waals surface area (Å²) in [7, 11) is 0. The van der Waals surface area contributed by atoms with Gasteiger partial charge in [0.05, 0.1) is 4.92 Å². The summed E-state index contributed by atoms with van der Waals surface area (Å²) in [5.74, 6) is -0.202. The highest BCUT2D eigenvalue weighted by molar-refractivity contribution is 9.10. The first-order chi connectivity index (χ1) is 9.90. The predicted molar refractivity (Wildman–Crippen MR) is 82.5 cm³/mol. The molecule has 2 aromatic rings. The Hall–Kier alpha value is -2.28. The minimum absolute atomic E-state index is 0.0462. The van der Waals surface area contributed by atoms with Crippen LogP contribution in [0, 0.1) is 24.0 Å². The van der Waals surface area contributed by atoms with Crippen molar-refractivity contribution in [2.24, 2.45) is 0 Å². The Kier molecular flexibility index (Phi) is 4.32. The van der Waals surface area contributed by atoms with E-state index in [0.29, 0.717) is 11.4 Å². The number of halogens is 1. The lowest BCUT2D eigenvalue weighted by molar-refractivity contribution is -0.385. The van der Waals surface area contributed by atoms with Crippen molar-refractivity contribution in [2.45, 2.75) is 13.8 Å². The zero-order valence-electron chi connectivity index (χ0n) is 11.4. The van der Waals surface area contributed by atoms with Crippen LogP contribution in [0.25, 0.3) is 0 Å². The molecule has 0 aliphatic rings. The topological polar surface area (TPSA) is 85.1 Å². The quantitative estimate of drug-likeness (QED) is 0.677. The Balaban J connectivity index is 2.36. The van der Waals surface area contributed by atoms with Gasteiger partial charge in [0.15, 0.2) is 0 Å². The van der Waals surface area contributed by atoms with Crippen molar-refractivity contribution in [2.75, 3.05) is 5.32 Å². The van der Waals surface area contributed by atoms with Gasteiger partial charge in [-0.15, -0.1) is 0 Å². The molecular weight excluding hydrogens is 338 g/mol. The van der Waals surface area contributed by atoms with Crippen molar-refractivity contribution in [1.29, 1.82) is 0 Å². The number of carbonyl (C=O) groups excluding carboxylic acids is 1. The first kappa shape index (κ1) is 15.1. The van der Waals surface area contributed by atoms with E-state index in [1.165, 1.54) is 6.07 Å². The monoisotopic (exact) mass is 349 g/mol. The molecule has 2 rings (SSSR count). The van der Waals surface area contributed by atoms with Gasteiger partial charge in [-0.1, -0.05) is 12.1 Å². The van der Waals surface area contributed by atoms with Crippen LogP contribution in [0.15, 0.2) is 34.9 Å². The van der Waals surface area contributed by atoms with Crippen molar-refractivity contribution in [1.82, 2.24) is 4.98 Å². The molecule has 1 aromatic carbocycles. The van der Waals surface area contributed by atoms with E-state index in [1.54, 1.807) is 31.3 Å². The van der Waals surface area contributed by atoms with E-state index >= 15 is 0 Å². The molecule has 21 heavy (non-hydrogen) atoms. The molecule has 0 spiro atoms. The number of anilines is 1. The lowest BCUT2D eigenvalue weighted by Crippen LogP contribution is -2.16. The molecule has 0 bridgehead atoms. The molecule has 0 unspecified atom stereocenters. The molecule has 0 fully saturated rings. The fourth-order valence-electron chi connectivity index (χ4n) is 1.89. The first-order valence-electron chi connectivity index (χ1n) is 6.07. The van der Waals surface area contributed by atoms with Gasteiger partial charge in [-0.3, -0.25) is 14.9 Å². The van der Waals surface area contributed by atoms with Crippen LogP contribution in [-0.2, 0) is 0 Å². The van der Waals surface area contributed by atoms with E-state index in [1.807, 2.05) is 6.92 Å². The number of nitrogens with zero attached hydrogens (tertiary/aromatic N) is 2. The maximum Gasteiger partial charge on any atom is 0.282 e. The number of nitro groups is 1. The van der Waals surface area contributed by atoms with Gasteiger partial charge in [0, 0.05) is 16.7 Å². The fraction of sp³-hybridized carbons (Fsp3) is 0.143. The Morgan fingerprint density at radius 1 is 1.33 bits per heavy atom. The van der Waals surface area contributed by atoms with Gasteiger partial charge in [-0.25, -0.2) is 4.98 Å². The molecule has 0 aliphatic carbocycles. The number of pyridine rings is 1. The summed E-state index contributed by atoms with van der Waals surface area (Å²) < 4.78 is 0.822. The smallest absolute Gasteiger partial charge is 0.282 e. The highest BCUT2D eigenvalue weighted by atomic mass is 79.9. The molecule has 1 amide bonds. The second-order valence-electron chi connectivity index (χ2n) is 4.50. The number of aryl methyl sites for hydroxylation is 2. The largest absolute Gasteiger partial charge is 0.306 e. The third kappa shape index (κ3) is 3.25. The van der Waals surface area contributed by atoms with Crippen molar-refractivity contribution in [3.8, 4) is 0 Å². The van der Waals surface area contributed by atoms with Crippen molar-refractivity contribution in [3.05, 3.63) is 61.7 Å². The van der Waals surface area contributed by atoms with Crippen molar-refractivity contribution in [3.63, 3.8) is 0 Å². The van der Waals surface area contributed by atoms with Crippen LogP contribution < -0.4 is 5.32 Å². The number of hydrogen-bond donors (Lipinski definition) is 1. The first-order valence-corrected chi connectivity index (χ1v) is 6.87. The Morgan fingerprint density at radius 3 is 2.67 bits per heavy atom. The number of aromatic nitrogens is 1. The van der Waals surface area contributed by atoms with Gasteiger partial charge < -0.3 is 5.32 Å². The van der Waals surface area contributed by atoms with Gasteiger partial charge in [0.2, 0.25) is 0 Å². The van der Waals surface area contributed by atoms with Crippen LogP contribution >= 0.6 is 15.9 Å². The summed E-state index contributed by atoms with van der Waals surface area (Å²) in [5.41, 5.74) is 1.27. The average molecular weight is 350 g/mol. The number of carbonyl (C=O) groups is 1. The molecule has 6 nitrogen and oxygen atoms in total. The molecule has 0 radical (unpaired) electrons. The van der Waals surface area contributed by atoms with E-state index < -0.39 is 10.8 Å². The zero-order chi connectivity index (χ0) is 15.6. The summed E-state index contributed by atoms with van der Waals surface area (Å²) in [6.07, 6.45) is 1.57. The van der Waals surface area contributed by atoms with Crippen LogP contribution in [-0.4, -0.2) is 15.8 Å². The second kappa shape index (κ2) is 6.01. The highest BCUT2D eigenvalue weighted by Gasteiger charge is 2.22. The predicted octanol–water partition coefficient (Wildman–Crippen LogP) is 3.62. The van der Waals surface area contributed by atoms with Gasteiger partial charge in [0.25, 0.3) is 11.6 Å². The number of nitro benzene ring substituents is 1. The average Bonchev–Trinajstić information content (AvgIpc) is 2.42. The molecule has 1 aromatic heterocycles. The Bertz CT molecular complexity index is 731. The third-order valence-corrected chi connectivity index (χ3v) is 3.79. The molecule has 0 saturated carbocycles. The van der Waals surface area contributed by atoms with E-state index in [2.05, 4.69) is 26.2 Å². The van der Waals surface area contributed by atoms with Crippen molar-refractivity contribution >= 4 is 33.3 Å². The van der Waals surface area contributed by atoms with E-state index in [-0.39, 0.29) is 11.3 Å². The van der Waals surface area contributed by atoms with E-state index in [0.717, 1.165) is 10.0 Å². The molecule has 0 aliphatic heterocycles. The third-order valence-electron chi connectivity index (χ3n) is 2.96. The normalized spacial score (nSPS) is 10.2. The minimum atomic E-state index is -0.567. The standard InChI is InChI=1S/C14H12BrN3O3/c1-8-4-3-5-11(18(20)21)13(8)14(19)17-12-6-9(2)10(15)7-16-12/h3-7H,1-2H3,(H,16,17,19). The Morgan fingerprint density at radius 2 is 2.05 bits per heavy atom. The van der Waals surface area contributed by atoms with Crippen LogP contribution in [0.2, 0.25) is 0 Å². The molecular formula is C14H12BrN3O3.